The molecule has 3 rings (SSSR count). The van der Waals surface area contributed by atoms with Crippen molar-refractivity contribution in [1.82, 2.24) is 15.0 Å². The highest BCUT2D eigenvalue weighted by Gasteiger charge is 2.07. The van der Waals surface area contributed by atoms with E-state index in [2.05, 4.69) is 25.6 Å². The number of hydrogen-bond donors (Lipinski definition) is 2. The van der Waals surface area contributed by atoms with E-state index in [1.807, 2.05) is 50.2 Å². The molecule has 0 aliphatic rings. The Morgan fingerprint density at radius 1 is 1.16 bits per heavy atom. The first-order valence-corrected chi connectivity index (χ1v) is 8.06. The van der Waals surface area contributed by atoms with Crippen LogP contribution in [0.5, 0.6) is 0 Å². The number of pyridine rings is 1. The summed E-state index contributed by atoms with van der Waals surface area (Å²) in [5, 5.41) is 6.07. The molecule has 0 saturated carbocycles. The van der Waals surface area contributed by atoms with Crippen molar-refractivity contribution < 1.29 is 4.79 Å². The van der Waals surface area contributed by atoms with Crippen molar-refractivity contribution in [3.05, 3.63) is 60.6 Å². The fourth-order valence-electron chi connectivity index (χ4n) is 2.30. The van der Waals surface area contributed by atoms with Gasteiger partial charge in [0.2, 0.25) is 11.9 Å². The maximum absolute atomic E-state index is 11.6. The zero-order chi connectivity index (χ0) is 17.6. The molecular formula is C19H19N5O. The van der Waals surface area contributed by atoms with Crippen LogP contribution < -0.4 is 10.6 Å². The third-order valence-electron chi connectivity index (χ3n) is 3.70. The highest BCUT2D eigenvalue weighted by Crippen LogP contribution is 2.24. The monoisotopic (exact) mass is 333 g/mol. The van der Waals surface area contributed by atoms with Crippen LogP contribution in [0, 0.1) is 6.92 Å². The van der Waals surface area contributed by atoms with Gasteiger partial charge in [0, 0.05) is 41.9 Å². The number of nitrogens with one attached hydrogen (secondary N) is 2. The number of rotatable bonds is 5. The molecule has 0 spiro atoms. The minimum absolute atomic E-state index is 0.0235. The Hall–Kier alpha value is -3.28. The predicted molar refractivity (Wildman–Crippen MR) is 98.6 cm³/mol. The number of carbonyl (C=O) groups excluding carboxylic acids is 1. The molecule has 1 amide bonds. The highest BCUT2D eigenvalue weighted by molar-refractivity contribution is 5.91. The van der Waals surface area contributed by atoms with Gasteiger partial charge in [-0.25, -0.2) is 9.97 Å². The molecule has 2 N–H and O–H groups in total. The summed E-state index contributed by atoms with van der Waals surface area (Å²) in [6, 6.07) is 11.4. The van der Waals surface area contributed by atoms with Gasteiger partial charge in [-0.3, -0.25) is 9.78 Å². The maximum atomic E-state index is 11.6. The molecule has 0 fully saturated rings. The minimum Gasteiger partial charge on any atom is -0.326 e. The SMILES string of the molecule is CCC(=O)Nc1ccc(C)c(Nc2nccc(-c3cccnc3)n2)c1. The molecule has 3 aromatic rings. The summed E-state index contributed by atoms with van der Waals surface area (Å²) in [6.45, 7) is 3.80. The van der Waals surface area contributed by atoms with Gasteiger partial charge < -0.3 is 10.6 Å². The fraction of sp³-hybridized carbons (Fsp3) is 0.158. The quantitative estimate of drug-likeness (QED) is 0.739. The summed E-state index contributed by atoms with van der Waals surface area (Å²) in [7, 11) is 0. The van der Waals surface area contributed by atoms with Crippen LogP contribution in [0.4, 0.5) is 17.3 Å². The first-order valence-electron chi connectivity index (χ1n) is 8.06. The van der Waals surface area contributed by atoms with Crippen molar-refractivity contribution in [3.8, 4) is 11.3 Å². The Labute approximate surface area is 146 Å². The minimum atomic E-state index is -0.0235. The third-order valence-corrected chi connectivity index (χ3v) is 3.70. The molecule has 6 nitrogen and oxygen atoms in total. The first kappa shape index (κ1) is 16.6. The molecule has 126 valence electrons. The van der Waals surface area contributed by atoms with Gasteiger partial charge in [-0.05, 0) is 42.8 Å². The summed E-state index contributed by atoms with van der Waals surface area (Å²) in [5.74, 6) is 0.466. The van der Waals surface area contributed by atoms with Crippen molar-refractivity contribution in [2.75, 3.05) is 10.6 Å². The Morgan fingerprint density at radius 3 is 2.80 bits per heavy atom. The lowest BCUT2D eigenvalue weighted by Gasteiger charge is -2.12. The Bertz CT molecular complexity index is 880. The van der Waals surface area contributed by atoms with Crippen molar-refractivity contribution in [2.45, 2.75) is 20.3 Å². The van der Waals surface area contributed by atoms with E-state index in [1.165, 1.54) is 0 Å². The van der Waals surface area contributed by atoms with Gasteiger partial charge in [0.1, 0.15) is 0 Å². The van der Waals surface area contributed by atoms with Crippen molar-refractivity contribution in [2.24, 2.45) is 0 Å². The zero-order valence-corrected chi connectivity index (χ0v) is 14.2. The second-order valence-electron chi connectivity index (χ2n) is 5.56. The summed E-state index contributed by atoms with van der Waals surface area (Å²) >= 11 is 0. The molecule has 6 heteroatoms. The lowest BCUT2D eigenvalue weighted by molar-refractivity contribution is -0.115. The molecule has 0 radical (unpaired) electrons. The molecule has 2 aromatic heterocycles. The van der Waals surface area contributed by atoms with Gasteiger partial charge in [-0.15, -0.1) is 0 Å². The predicted octanol–water partition coefficient (Wildman–Crippen LogP) is 3.94. The van der Waals surface area contributed by atoms with E-state index in [9.17, 15) is 4.79 Å². The van der Waals surface area contributed by atoms with Crippen LogP contribution in [-0.2, 0) is 4.79 Å². The van der Waals surface area contributed by atoms with E-state index in [0.29, 0.717) is 12.4 Å². The van der Waals surface area contributed by atoms with E-state index in [1.54, 1.807) is 18.6 Å². The van der Waals surface area contributed by atoms with Gasteiger partial charge in [0.05, 0.1) is 5.69 Å². The van der Waals surface area contributed by atoms with E-state index in [4.69, 9.17) is 0 Å². The van der Waals surface area contributed by atoms with Crippen LogP contribution in [0.25, 0.3) is 11.3 Å². The van der Waals surface area contributed by atoms with Crippen molar-refractivity contribution in [1.29, 1.82) is 0 Å². The second kappa shape index (κ2) is 7.53. The van der Waals surface area contributed by atoms with Crippen molar-refractivity contribution >= 4 is 23.2 Å². The molecule has 0 atom stereocenters. The fourth-order valence-corrected chi connectivity index (χ4v) is 2.30. The highest BCUT2D eigenvalue weighted by atomic mass is 16.1. The van der Waals surface area contributed by atoms with Crippen LogP contribution >= 0.6 is 0 Å². The molecule has 0 aliphatic heterocycles. The van der Waals surface area contributed by atoms with Gasteiger partial charge >= 0.3 is 0 Å². The number of amides is 1. The van der Waals surface area contributed by atoms with Gasteiger partial charge in [0.25, 0.3) is 0 Å². The molecule has 1 aromatic carbocycles. The number of nitrogens with zero attached hydrogens (tertiary/aromatic N) is 3. The number of carbonyl (C=O) groups is 1. The van der Waals surface area contributed by atoms with Crippen LogP contribution in [0.15, 0.2) is 55.0 Å². The molecule has 2 heterocycles. The lowest BCUT2D eigenvalue weighted by atomic mass is 10.1. The molecule has 0 bridgehead atoms. The standard InChI is InChI=1S/C19H19N5O/c1-3-18(25)22-15-7-6-13(2)17(11-15)24-19-21-10-8-16(23-19)14-5-4-9-20-12-14/h4-12H,3H2,1-2H3,(H,22,25)(H,21,23,24). The Morgan fingerprint density at radius 2 is 2.04 bits per heavy atom. The molecular weight excluding hydrogens is 314 g/mol. The zero-order valence-electron chi connectivity index (χ0n) is 14.2. The normalized spacial score (nSPS) is 10.3. The molecule has 0 unspecified atom stereocenters. The number of anilines is 3. The van der Waals surface area contributed by atoms with E-state index in [0.717, 1.165) is 28.2 Å². The van der Waals surface area contributed by atoms with Crippen LogP contribution in [0.3, 0.4) is 0 Å². The van der Waals surface area contributed by atoms with Crippen LogP contribution in [0.1, 0.15) is 18.9 Å². The summed E-state index contributed by atoms with van der Waals surface area (Å²) in [4.78, 5) is 24.5. The van der Waals surface area contributed by atoms with E-state index >= 15 is 0 Å². The van der Waals surface area contributed by atoms with Crippen molar-refractivity contribution in [3.63, 3.8) is 0 Å². The average molecular weight is 333 g/mol. The Kier molecular flexibility index (Phi) is 4.99. The maximum Gasteiger partial charge on any atom is 0.227 e. The van der Waals surface area contributed by atoms with Gasteiger partial charge in [-0.2, -0.15) is 0 Å². The van der Waals surface area contributed by atoms with Crippen LogP contribution in [0.2, 0.25) is 0 Å². The van der Waals surface area contributed by atoms with Gasteiger partial charge in [-0.1, -0.05) is 13.0 Å². The smallest absolute Gasteiger partial charge is 0.227 e. The summed E-state index contributed by atoms with van der Waals surface area (Å²) in [5.41, 5.74) is 4.33. The van der Waals surface area contributed by atoms with E-state index in [-0.39, 0.29) is 5.91 Å². The first-order chi connectivity index (χ1) is 12.2. The topological polar surface area (TPSA) is 79.8 Å². The van der Waals surface area contributed by atoms with Gasteiger partial charge in [0.15, 0.2) is 0 Å². The summed E-state index contributed by atoms with van der Waals surface area (Å²) < 4.78 is 0. The largest absolute Gasteiger partial charge is 0.326 e. The lowest BCUT2D eigenvalue weighted by Crippen LogP contribution is -2.09. The molecule has 0 saturated heterocycles. The van der Waals surface area contributed by atoms with Crippen LogP contribution in [-0.4, -0.2) is 20.9 Å². The average Bonchev–Trinajstić information content (AvgIpc) is 2.65. The summed E-state index contributed by atoms with van der Waals surface area (Å²) in [6.07, 6.45) is 5.63. The second-order valence-corrected chi connectivity index (χ2v) is 5.56. The molecule has 0 aliphatic carbocycles. The van der Waals surface area contributed by atoms with E-state index < -0.39 is 0 Å². The number of hydrogen-bond acceptors (Lipinski definition) is 5. The third kappa shape index (κ3) is 4.17. The number of aromatic nitrogens is 3. The number of benzene rings is 1. The number of aryl methyl sites for hydroxylation is 1. The molecule has 25 heavy (non-hydrogen) atoms. The Balaban J connectivity index is 1.85.